The van der Waals surface area contributed by atoms with Crippen molar-refractivity contribution >= 4 is 11.7 Å². The molecule has 182 valence electrons. The van der Waals surface area contributed by atoms with E-state index in [4.69, 9.17) is 9.47 Å². The first-order chi connectivity index (χ1) is 16.2. The van der Waals surface area contributed by atoms with Gasteiger partial charge in [-0.3, -0.25) is 4.79 Å². The zero-order valence-corrected chi connectivity index (χ0v) is 19.4. The first-order valence-corrected chi connectivity index (χ1v) is 11.4. The molecule has 1 amide bonds. The van der Waals surface area contributed by atoms with Crippen molar-refractivity contribution in [3.63, 3.8) is 0 Å². The predicted molar refractivity (Wildman–Crippen MR) is 121 cm³/mol. The molecule has 0 spiro atoms. The highest BCUT2D eigenvalue weighted by molar-refractivity contribution is 6.03. The van der Waals surface area contributed by atoms with Gasteiger partial charge in [0.15, 0.2) is 11.6 Å². The van der Waals surface area contributed by atoms with E-state index >= 15 is 4.39 Å². The third-order valence-electron chi connectivity index (χ3n) is 6.98. The van der Waals surface area contributed by atoms with Gasteiger partial charge in [0.25, 0.3) is 5.91 Å². The number of phenolic OH excluding ortho intramolecular Hbond substituents is 1. The summed E-state index contributed by atoms with van der Waals surface area (Å²) in [6, 6.07) is 3.45. The Hall–Kier alpha value is -2.98. The van der Waals surface area contributed by atoms with Crippen LogP contribution in [0.4, 0.5) is 14.6 Å². The summed E-state index contributed by atoms with van der Waals surface area (Å²) in [6.07, 6.45) is 0.527. The number of phenols is 1. The normalized spacial score (nSPS) is 23.9. The molecule has 3 aliphatic rings. The maximum atomic E-state index is 15.9. The Labute approximate surface area is 196 Å². The lowest BCUT2D eigenvalue weighted by Gasteiger charge is -2.36. The third-order valence-corrected chi connectivity index (χ3v) is 6.98. The van der Waals surface area contributed by atoms with E-state index in [1.165, 1.54) is 12.1 Å². The monoisotopic (exact) mass is 474 g/mol. The minimum atomic E-state index is -0.972. The number of carbonyl (C=O) groups excluding carboxylic acids is 1. The number of piperazine rings is 1. The number of methoxy groups -OCH3 is 1. The molecule has 2 fully saturated rings. The summed E-state index contributed by atoms with van der Waals surface area (Å²) < 4.78 is 42.2. The first-order valence-electron chi connectivity index (χ1n) is 11.4. The van der Waals surface area contributed by atoms with Crippen LogP contribution in [0, 0.1) is 11.6 Å². The number of fused-ring (bicyclic) bond motifs is 2. The standard InChI is InChI=1S/C24H28F2N4O4/c1-24(2)9-14(33-3)11-30(24)22-18-21(34-12-13-10-27-7-8-29(13)23(18)32)19(26)20(28-22)17-15(25)5-4-6-16(17)31/h4-6,13-14,27,31H,7-12H2,1-3H3/t13-,14?/m1/s1. The second kappa shape index (κ2) is 8.35. The molecular formula is C24H28F2N4O4. The summed E-state index contributed by atoms with van der Waals surface area (Å²) in [7, 11) is 1.62. The Morgan fingerprint density at radius 2 is 2.09 bits per heavy atom. The number of aromatic nitrogens is 1. The number of rotatable bonds is 3. The number of nitrogens with zero attached hydrogens (tertiary/aromatic N) is 3. The van der Waals surface area contributed by atoms with Crippen LogP contribution < -0.4 is 15.0 Å². The second-order valence-corrected chi connectivity index (χ2v) is 9.59. The molecule has 1 aromatic carbocycles. The van der Waals surface area contributed by atoms with E-state index < -0.39 is 28.6 Å². The van der Waals surface area contributed by atoms with Gasteiger partial charge in [-0.2, -0.15) is 0 Å². The molecule has 2 N–H and O–H groups in total. The molecule has 2 saturated heterocycles. The van der Waals surface area contributed by atoms with E-state index in [-0.39, 0.29) is 47.4 Å². The van der Waals surface area contributed by atoms with Crippen LogP contribution in [0.2, 0.25) is 0 Å². The third kappa shape index (κ3) is 3.56. The van der Waals surface area contributed by atoms with Crippen LogP contribution in [0.3, 0.4) is 0 Å². The molecule has 2 aromatic rings. The van der Waals surface area contributed by atoms with Crippen molar-refractivity contribution < 1.29 is 28.2 Å². The van der Waals surface area contributed by atoms with Crippen molar-refractivity contribution in [3.05, 3.63) is 35.4 Å². The van der Waals surface area contributed by atoms with Crippen LogP contribution in [0.25, 0.3) is 11.3 Å². The zero-order chi connectivity index (χ0) is 24.2. The molecule has 1 unspecified atom stereocenters. The summed E-state index contributed by atoms with van der Waals surface area (Å²) in [5.41, 5.74) is -1.23. The van der Waals surface area contributed by atoms with E-state index in [2.05, 4.69) is 10.3 Å². The highest BCUT2D eigenvalue weighted by Crippen LogP contribution is 2.45. The number of pyridine rings is 1. The number of hydrogen-bond acceptors (Lipinski definition) is 7. The highest BCUT2D eigenvalue weighted by Gasteiger charge is 2.45. The Bertz CT molecular complexity index is 1120. The second-order valence-electron chi connectivity index (χ2n) is 9.59. The number of benzene rings is 1. The Morgan fingerprint density at radius 3 is 2.79 bits per heavy atom. The Kier molecular flexibility index (Phi) is 5.60. The number of nitrogens with one attached hydrogen (secondary N) is 1. The molecule has 34 heavy (non-hydrogen) atoms. The first kappa shape index (κ1) is 22.8. The average molecular weight is 475 g/mol. The molecule has 0 radical (unpaired) electrons. The van der Waals surface area contributed by atoms with E-state index in [1.807, 2.05) is 18.7 Å². The fraction of sp³-hybridized carbons (Fsp3) is 0.500. The quantitative estimate of drug-likeness (QED) is 0.707. The fourth-order valence-electron chi connectivity index (χ4n) is 5.18. The molecule has 3 aliphatic heterocycles. The maximum Gasteiger partial charge on any atom is 0.261 e. The highest BCUT2D eigenvalue weighted by atomic mass is 19.1. The van der Waals surface area contributed by atoms with Gasteiger partial charge in [-0.1, -0.05) is 6.07 Å². The van der Waals surface area contributed by atoms with Crippen molar-refractivity contribution in [2.24, 2.45) is 0 Å². The Balaban J connectivity index is 1.77. The van der Waals surface area contributed by atoms with Crippen molar-refractivity contribution in [2.75, 3.05) is 44.8 Å². The number of anilines is 1. The lowest BCUT2D eigenvalue weighted by Crippen LogP contribution is -2.55. The van der Waals surface area contributed by atoms with Crippen LogP contribution in [0.5, 0.6) is 11.5 Å². The lowest BCUT2D eigenvalue weighted by molar-refractivity contribution is 0.0606. The van der Waals surface area contributed by atoms with Gasteiger partial charge in [0.2, 0.25) is 0 Å². The molecule has 0 bridgehead atoms. The number of carbonyl (C=O) groups is 1. The van der Waals surface area contributed by atoms with Crippen LogP contribution in [-0.4, -0.2) is 78.5 Å². The summed E-state index contributed by atoms with van der Waals surface area (Å²) in [6.45, 7) is 6.05. The van der Waals surface area contributed by atoms with Gasteiger partial charge in [-0.25, -0.2) is 13.8 Å². The number of hydrogen-bond donors (Lipinski definition) is 2. The summed E-state index contributed by atoms with van der Waals surface area (Å²) in [5.74, 6) is -2.69. The molecule has 0 aliphatic carbocycles. The van der Waals surface area contributed by atoms with Gasteiger partial charge in [0.05, 0.1) is 17.7 Å². The number of aromatic hydroxyl groups is 1. The van der Waals surface area contributed by atoms with Gasteiger partial charge in [0, 0.05) is 38.8 Å². The van der Waals surface area contributed by atoms with Crippen molar-refractivity contribution in [1.82, 2.24) is 15.2 Å². The molecule has 2 atom stereocenters. The molecule has 5 rings (SSSR count). The van der Waals surface area contributed by atoms with E-state index in [0.29, 0.717) is 32.6 Å². The molecule has 0 saturated carbocycles. The summed E-state index contributed by atoms with van der Waals surface area (Å²) in [5, 5.41) is 13.6. The SMILES string of the molecule is COC1CN(c2nc(-c3c(O)cccc3F)c(F)c3c2C(=O)N2CCNC[C@@H]2CO3)C(C)(C)C1. The summed E-state index contributed by atoms with van der Waals surface area (Å²) in [4.78, 5) is 21.9. The van der Waals surface area contributed by atoms with Gasteiger partial charge >= 0.3 is 0 Å². The molecule has 10 heteroatoms. The van der Waals surface area contributed by atoms with E-state index in [0.717, 1.165) is 6.07 Å². The maximum absolute atomic E-state index is 15.9. The minimum absolute atomic E-state index is 0.0197. The smallest absolute Gasteiger partial charge is 0.261 e. The van der Waals surface area contributed by atoms with Crippen LogP contribution in [0.15, 0.2) is 18.2 Å². The molecule has 8 nitrogen and oxygen atoms in total. The van der Waals surface area contributed by atoms with Gasteiger partial charge in [-0.05, 0) is 32.4 Å². The minimum Gasteiger partial charge on any atom is -0.507 e. The number of ether oxygens (including phenoxy) is 2. The van der Waals surface area contributed by atoms with Gasteiger partial charge in [0.1, 0.15) is 35.2 Å². The number of amides is 1. The molecule has 4 heterocycles. The molecular weight excluding hydrogens is 446 g/mol. The van der Waals surface area contributed by atoms with Crippen molar-refractivity contribution in [3.8, 4) is 22.8 Å². The molecule has 1 aromatic heterocycles. The zero-order valence-electron chi connectivity index (χ0n) is 19.4. The van der Waals surface area contributed by atoms with Crippen molar-refractivity contribution in [1.29, 1.82) is 0 Å². The lowest BCUT2D eigenvalue weighted by atomic mass is 9.99. The fourth-order valence-corrected chi connectivity index (χ4v) is 5.18. The van der Waals surface area contributed by atoms with E-state index in [9.17, 15) is 14.3 Å². The summed E-state index contributed by atoms with van der Waals surface area (Å²) >= 11 is 0. The average Bonchev–Trinajstić information content (AvgIpc) is 3.03. The Morgan fingerprint density at radius 1 is 1.29 bits per heavy atom. The van der Waals surface area contributed by atoms with Crippen LogP contribution in [-0.2, 0) is 4.74 Å². The van der Waals surface area contributed by atoms with Crippen LogP contribution in [0.1, 0.15) is 30.6 Å². The van der Waals surface area contributed by atoms with Gasteiger partial charge < -0.3 is 29.7 Å². The van der Waals surface area contributed by atoms with Crippen LogP contribution >= 0.6 is 0 Å². The van der Waals surface area contributed by atoms with E-state index in [1.54, 1.807) is 12.0 Å². The number of halogens is 2. The predicted octanol–water partition coefficient (Wildman–Crippen LogP) is 2.54. The van der Waals surface area contributed by atoms with Gasteiger partial charge in [-0.15, -0.1) is 0 Å². The largest absolute Gasteiger partial charge is 0.507 e. The topological polar surface area (TPSA) is 87.2 Å². The van der Waals surface area contributed by atoms with Crippen molar-refractivity contribution in [2.45, 2.75) is 38.0 Å².